The molecular formula is C14H16INO. The van der Waals surface area contributed by atoms with Gasteiger partial charge in [-0.25, -0.2) is 0 Å². The fourth-order valence-corrected chi connectivity index (χ4v) is 3.69. The summed E-state index contributed by atoms with van der Waals surface area (Å²) in [6.45, 7) is 0. The Hall–Kier alpha value is -0.580. The minimum Gasteiger partial charge on any atom is -0.326 e. The van der Waals surface area contributed by atoms with Crippen LogP contribution in [0.25, 0.3) is 0 Å². The molecule has 0 spiro atoms. The van der Waals surface area contributed by atoms with Gasteiger partial charge in [0.25, 0.3) is 0 Å². The van der Waals surface area contributed by atoms with Crippen molar-refractivity contribution in [1.29, 1.82) is 0 Å². The lowest BCUT2D eigenvalue weighted by atomic mass is 9.88. The first-order valence-corrected chi connectivity index (χ1v) is 7.36. The van der Waals surface area contributed by atoms with Gasteiger partial charge in [0, 0.05) is 15.2 Å². The van der Waals surface area contributed by atoms with Gasteiger partial charge >= 0.3 is 0 Å². The maximum atomic E-state index is 12.2. The minimum atomic E-state index is 0.235. The van der Waals surface area contributed by atoms with Gasteiger partial charge in [0.05, 0.1) is 0 Å². The number of amides is 1. The van der Waals surface area contributed by atoms with Crippen LogP contribution >= 0.6 is 22.6 Å². The highest BCUT2D eigenvalue weighted by molar-refractivity contribution is 14.1. The van der Waals surface area contributed by atoms with Crippen molar-refractivity contribution in [2.45, 2.75) is 25.7 Å². The van der Waals surface area contributed by atoms with Crippen LogP contribution in [0.15, 0.2) is 24.3 Å². The molecule has 3 atom stereocenters. The van der Waals surface area contributed by atoms with E-state index in [1.165, 1.54) is 22.8 Å². The van der Waals surface area contributed by atoms with Crippen LogP contribution in [0.5, 0.6) is 0 Å². The summed E-state index contributed by atoms with van der Waals surface area (Å²) in [5.41, 5.74) is 0.929. The van der Waals surface area contributed by atoms with Gasteiger partial charge in [-0.05, 0) is 78.0 Å². The molecule has 17 heavy (non-hydrogen) atoms. The van der Waals surface area contributed by atoms with Crippen LogP contribution in [-0.4, -0.2) is 5.91 Å². The van der Waals surface area contributed by atoms with Crippen molar-refractivity contribution in [3.05, 3.63) is 27.8 Å². The summed E-state index contributed by atoms with van der Waals surface area (Å²) in [6, 6.07) is 8.01. The molecule has 2 nitrogen and oxygen atoms in total. The molecule has 2 aliphatic carbocycles. The molecule has 0 saturated heterocycles. The van der Waals surface area contributed by atoms with E-state index in [-0.39, 0.29) is 11.8 Å². The van der Waals surface area contributed by atoms with E-state index < -0.39 is 0 Å². The molecule has 0 aliphatic heterocycles. The number of benzene rings is 1. The number of carbonyl (C=O) groups is 1. The molecule has 0 heterocycles. The van der Waals surface area contributed by atoms with E-state index in [1.54, 1.807) is 0 Å². The standard InChI is InChI=1S/C14H16INO/c15-11-3-5-12(6-4-11)16-14(17)13-8-9-1-2-10(13)7-9/h3-6,9-10,13H,1-2,7-8H2,(H,16,17)/t9-,10-,13+/m1/s1. The van der Waals surface area contributed by atoms with Gasteiger partial charge in [0.2, 0.25) is 5.91 Å². The van der Waals surface area contributed by atoms with Gasteiger partial charge in [0.1, 0.15) is 0 Å². The normalized spacial score (nSPS) is 30.5. The minimum absolute atomic E-state index is 0.235. The number of nitrogens with one attached hydrogen (secondary N) is 1. The number of anilines is 1. The van der Waals surface area contributed by atoms with Gasteiger partial charge < -0.3 is 5.32 Å². The average Bonchev–Trinajstić information content (AvgIpc) is 2.94. The molecule has 3 rings (SSSR count). The lowest BCUT2D eigenvalue weighted by Crippen LogP contribution is -2.27. The molecule has 0 radical (unpaired) electrons. The van der Waals surface area contributed by atoms with E-state index >= 15 is 0 Å². The lowest BCUT2D eigenvalue weighted by Gasteiger charge is -2.20. The predicted octanol–water partition coefficient (Wildman–Crippen LogP) is 3.67. The molecule has 0 unspecified atom stereocenters. The van der Waals surface area contributed by atoms with Crippen LogP contribution in [-0.2, 0) is 4.79 Å². The van der Waals surface area contributed by atoms with E-state index in [0.29, 0.717) is 5.92 Å². The molecule has 1 amide bonds. The van der Waals surface area contributed by atoms with Crippen molar-refractivity contribution in [3.8, 4) is 0 Å². The number of fused-ring (bicyclic) bond motifs is 2. The van der Waals surface area contributed by atoms with E-state index in [0.717, 1.165) is 18.0 Å². The summed E-state index contributed by atoms with van der Waals surface area (Å²) in [5.74, 6) is 1.99. The second-order valence-electron chi connectivity index (χ2n) is 5.28. The van der Waals surface area contributed by atoms with Crippen LogP contribution in [0.1, 0.15) is 25.7 Å². The van der Waals surface area contributed by atoms with Crippen LogP contribution in [0.4, 0.5) is 5.69 Å². The van der Waals surface area contributed by atoms with Crippen molar-refractivity contribution in [2.75, 3.05) is 5.32 Å². The molecule has 2 saturated carbocycles. The Morgan fingerprint density at radius 2 is 1.94 bits per heavy atom. The van der Waals surface area contributed by atoms with Crippen LogP contribution in [0.2, 0.25) is 0 Å². The van der Waals surface area contributed by atoms with Crippen LogP contribution in [0.3, 0.4) is 0 Å². The van der Waals surface area contributed by atoms with Crippen molar-refractivity contribution >= 4 is 34.2 Å². The average molecular weight is 341 g/mol. The van der Waals surface area contributed by atoms with Gasteiger partial charge in [-0.3, -0.25) is 4.79 Å². The summed E-state index contributed by atoms with van der Waals surface area (Å²) in [4.78, 5) is 12.2. The molecule has 1 N–H and O–H groups in total. The Balaban J connectivity index is 1.65. The number of hydrogen-bond donors (Lipinski definition) is 1. The largest absolute Gasteiger partial charge is 0.326 e. The first-order valence-electron chi connectivity index (χ1n) is 6.29. The first kappa shape index (κ1) is 11.5. The molecule has 2 fully saturated rings. The lowest BCUT2D eigenvalue weighted by molar-refractivity contribution is -0.121. The summed E-state index contributed by atoms with van der Waals surface area (Å²) in [6.07, 6.45) is 5.00. The van der Waals surface area contributed by atoms with Crippen molar-refractivity contribution in [3.63, 3.8) is 0 Å². The zero-order valence-electron chi connectivity index (χ0n) is 9.66. The molecule has 3 heteroatoms. The second kappa shape index (κ2) is 4.59. The SMILES string of the molecule is O=C(Nc1ccc(I)cc1)[C@H]1C[C@@H]2CC[C@@H]1C2. The van der Waals surface area contributed by atoms with E-state index in [9.17, 15) is 4.79 Å². The predicted molar refractivity (Wildman–Crippen MR) is 76.7 cm³/mol. The summed E-state index contributed by atoms with van der Waals surface area (Å²) < 4.78 is 1.19. The topological polar surface area (TPSA) is 29.1 Å². The molecule has 1 aromatic carbocycles. The second-order valence-corrected chi connectivity index (χ2v) is 6.52. The Morgan fingerprint density at radius 3 is 2.53 bits per heavy atom. The summed E-state index contributed by atoms with van der Waals surface area (Å²) in [7, 11) is 0. The van der Waals surface area contributed by atoms with E-state index in [2.05, 4.69) is 27.9 Å². The molecule has 2 bridgehead atoms. The number of hydrogen-bond acceptors (Lipinski definition) is 1. The third kappa shape index (κ3) is 2.34. The van der Waals surface area contributed by atoms with Gasteiger partial charge in [0.15, 0.2) is 0 Å². The zero-order chi connectivity index (χ0) is 11.8. The maximum absolute atomic E-state index is 12.2. The fraction of sp³-hybridized carbons (Fsp3) is 0.500. The molecule has 90 valence electrons. The van der Waals surface area contributed by atoms with Crippen LogP contribution < -0.4 is 5.32 Å². The Bertz CT molecular complexity index is 428. The Morgan fingerprint density at radius 1 is 1.18 bits per heavy atom. The fourth-order valence-electron chi connectivity index (χ4n) is 3.33. The highest BCUT2D eigenvalue weighted by Crippen LogP contribution is 2.48. The number of halogens is 1. The van der Waals surface area contributed by atoms with Crippen molar-refractivity contribution in [2.24, 2.45) is 17.8 Å². The number of rotatable bonds is 2. The highest BCUT2D eigenvalue weighted by Gasteiger charge is 2.42. The smallest absolute Gasteiger partial charge is 0.227 e. The number of carbonyl (C=O) groups excluding carboxylic acids is 1. The summed E-state index contributed by atoms with van der Waals surface area (Å²) >= 11 is 2.27. The Kier molecular flexibility index (Phi) is 3.11. The van der Waals surface area contributed by atoms with E-state index in [4.69, 9.17) is 0 Å². The highest BCUT2D eigenvalue weighted by atomic mass is 127. The quantitative estimate of drug-likeness (QED) is 0.818. The van der Waals surface area contributed by atoms with Gasteiger partial charge in [-0.15, -0.1) is 0 Å². The van der Waals surface area contributed by atoms with Crippen molar-refractivity contribution < 1.29 is 4.79 Å². The van der Waals surface area contributed by atoms with Crippen LogP contribution in [0, 0.1) is 21.3 Å². The Labute approximate surface area is 115 Å². The molecule has 0 aromatic heterocycles. The maximum Gasteiger partial charge on any atom is 0.227 e. The van der Waals surface area contributed by atoms with E-state index in [1.807, 2.05) is 24.3 Å². The molecule has 1 aromatic rings. The first-order chi connectivity index (χ1) is 8.22. The third-order valence-electron chi connectivity index (χ3n) is 4.19. The third-order valence-corrected chi connectivity index (χ3v) is 4.91. The molecular weight excluding hydrogens is 325 g/mol. The monoisotopic (exact) mass is 341 g/mol. The van der Waals surface area contributed by atoms with Gasteiger partial charge in [-0.1, -0.05) is 6.42 Å². The zero-order valence-corrected chi connectivity index (χ0v) is 11.8. The summed E-state index contributed by atoms with van der Waals surface area (Å²) in [5, 5.41) is 3.05. The van der Waals surface area contributed by atoms with Crippen molar-refractivity contribution in [1.82, 2.24) is 0 Å². The molecule has 2 aliphatic rings. The van der Waals surface area contributed by atoms with Gasteiger partial charge in [-0.2, -0.15) is 0 Å².